The van der Waals surface area contributed by atoms with E-state index in [1.807, 2.05) is 13.8 Å². The van der Waals surface area contributed by atoms with E-state index in [2.05, 4.69) is 10.2 Å². The molecule has 1 aromatic heterocycles. The van der Waals surface area contributed by atoms with Gasteiger partial charge in [0, 0.05) is 11.8 Å². The van der Waals surface area contributed by atoms with E-state index < -0.39 is 6.10 Å². The van der Waals surface area contributed by atoms with E-state index in [4.69, 9.17) is 10.8 Å². The highest BCUT2D eigenvalue weighted by Crippen LogP contribution is 2.22. The van der Waals surface area contributed by atoms with Crippen molar-refractivity contribution in [3.8, 4) is 0 Å². The van der Waals surface area contributed by atoms with Gasteiger partial charge in [0.25, 0.3) is 0 Å². The summed E-state index contributed by atoms with van der Waals surface area (Å²) in [6, 6.07) is 0.175. The van der Waals surface area contributed by atoms with Crippen LogP contribution in [0, 0.1) is 0 Å². The van der Waals surface area contributed by atoms with Crippen LogP contribution >= 0.6 is 11.8 Å². The lowest BCUT2D eigenvalue weighted by molar-refractivity contribution is 0.113. The molecule has 0 saturated carbocycles. The summed E-state index contributed by atoms with van der Waals surface area (Å²) in [5.74, 6) is 0.743. The van der Waals surface area contributed by atoms with E-state index in [0.717, 1.165) is 0 Å². The number of nitrogen functional groups attached to an aromatic ring is 1. The Kier molecular flexibility index (Phi) is 4.37. The van der Waals surface area contributed by atoms with Gasteiger partial charge in [-0.1, -0.05) is 11.8 Å². The van der Waals surface area contributed by atoms with Crippen molar-refractivity contribution in [1.82, 2.24) is 14.8 Å². The quantitative estimate of drug-likeness (QED) is 0.613. The summed E-state index contributed by atoms with van der Waals surface area (Å²) in [4.78, 5) is 0. The van der Waals surface area contributed by atoms with Crippen LogP contribution in [0.4, 0.5) is 5.95 Å². The second-order valence-electron chi connectivity index (χ2n) is 3.45. The Morgan fingerprint density at radius 1 is 1.47 bits per heavy atom. The molecule has 0 aliphatic rings. The number of aliphatic hydroxyl groups is 2. The summed E-state index contributed by atoms with van der Waals surface area (Å²) in [6.07, 6.45) is -0.742. The summed E-state index contributed by atoms with van der Waals surface area (Å²) in [5.41, 5.74) is 5.65. The maximum Gasteiger partial charge on any atom is 0.222 e. The average molecular weight is 232 g/mol. The predicted molar refractivity (Wildman–Crippen MR) is 58.6 cm³/mol. The summed E-state index contributed by atoms with van der Waals surface area (Å²) in [6.45, 7) is 3.71. The van der Waals surface area contributed by atoms with E-state index in [0.29, 0.717) is 16.9 Å². The molecule has 7 heteroatoms. The van der Waals surface area contributed by atoms with Gasteiger partial charge in [-0.25, -0.2) is 0 Å². The largest absolute Gasteiger partial charge is 0.394 e. The van der Waals surface area contributed by atoms with Gasteiger partial charge in [-0.15, -0.1) is 10.2 Å². The Morgan fingerprint density at radius 3 is 2.67 bits per heavy atom. The molecule has 86 valence electrons. The lowest BCUT2D eigenvalue weighted by atomic mass is 10.4. The van der Waals surface area contributed by atoms with Gasteiger partial charge in [0.2, 0.25) is 5.95 Å². The Balaban J connectivity index is 2.68. The molecule has 0 amide bonds. The average Bonchev–Trinajstić information content (AvgIpc) is 2.56. The normalized spacial score (nSPS) is 13.4. The lowest BCUT2D eigenvalue weighted by Gasteiger charge is -2.12. The third-order valence-corrected chi connectivity index (χ3v) is 2.91. The molecule has 1 rings (SSSR count). The van der Waals surface area contributed by atoms with Crippen LogP contribution in [0.15, 0.2) is 5.16 Å². The van der Waals surface area contributed by atoms with Crippen molar-refractivity contribution in [2.24, 2.45) is 0 Å². The Labute approximate surface area is 92.5 Å². The van der Waals surface area contributed by atoms with Crippen LogP contribution in [-0.2, 0) is 0 Å². The summed E-state index contributed by atoms with van der Waals surface area (Å²) in [5, 5.41) is 26.2. The van der Waals surface area contributed by atoms with Gasteiger partial charge < -0.3 is 15.9 Å². The third kappa shape index (κ3) is 3.08. The van der Waals surface area contributed by atoms with Crippen LogP contribution in [0.25, 0.3) is 0 Å². The zero-order valence-corrected chi connectivity index (χ0v) is 9.61. The Hall–Kier alpha value is -0.790. The van der Waals surface area contributed by atoms with E-state index in [9.17, 15) is 5.11 Å². The van der Waals surface area contributed by atoms with Crippen molar-refractivity contribution in [1.29, 1.82) is 0 Å². The van der Waals surface area contributed by atoms with Crippen LogP contribution in [-0.4, -0.2) is 43.4 Å². The van der Waals surface area contributed by atoms with Crippen molar-refractivity contribution in [3.63, 3.8) is 0 Å². The minimum atomic E-state index is -0.742. The van der Waals surface area contributed by atoms with Crippen LogP contribution in [0.3, 0.4) is 0 Å². The molecule has 1 aromatic rings. The number of thioether (sulfide) groups is 1. The number of anilines is 1. The predicted octanol–water partition coefficient (Wildman–Crippen LogP) is -0.113. The molecule has 1 atom stereocenters. The fourth-order valence-electron chi connectivity index (χ4n) is 1.10. The first kappa shape index (κ1) is 12.3. The first-order valence-electron chi connectivity index (χ1n) is 4.68. The molecule has 0 aliphatic heterocycles. The fourth-order valence-corrected chi connectivity index (χ4v) is 2.08. The smallest absolute Gasteiger partial charge is 0.222 e. The third-order valence-electron chi connectivity index (χ3n) is 1.82. The standard InChI is InChI=1S/C8H16N4O2S/c1-5(2)12-7(9)10-11-8(12)15-4-6(14)3-13/h5-6,13-14H,3-4H2,1-2H3,(H2,9,10). The number of nitrogens with two attached hydrogens (primary N) is 1. The molecule has 1 unspecified atom stereocenters. The summed E-state index contributed by atoms with van der Waals surface area (Å²) < 4.78 is 1.79. The maximum absolute atomic E-state index is 9.20. The topological polar surface area (TPSA) is 97.2 Å². The van der Waals surface area contributed by atoms with E-state index >= 15 is 0 Å². The van der Waals surface area contributed by atoms with Crippen LogP contribution in [0.1, 0.15) is 19.9 Å². The second-order valence-corrected chi connectivity index (χ2v) is 4.44. The van der Waals surface area contributed by atoms with Gasteiger partial charge >= 0.3 is 0 Å². The van der Waals surface area contributed by atoms with Gasteiger partial charge in [-0.2, -0.15) is 0 Å². The molecule has 0 aliphatic carbocycles. The molecule has 6 nitrogen and oxygen atoms in total. The molecule has 1 heterocycles. The minimum absolute atomic E-state index is 0.175. The Morgan fingerprint density at radius 2 is 2.13 bits per heavy atom. The van der Waals surface area contributed by atoms with Crippen LogP contribution in [0.5, 0.6) is 0 Å². The highest BCUT2D eigenvalue weighted by atomic mass is 32.2. The fraction of sp³-hybridized carbons (Fsp3) is 0.750. The Bertz CT molecular complexity index is 316. The van der Waals surface area contributed by atoms with Gasteiger partial charge in [-0.3, -0.25) is 4.57 Å². The first-order valence-corrected chi connectivity index (χ1v) is 5.67. The maximum atomic E-state index is 9.20. The summed E-state index contributed by atoms with van der Waals surface area (Å²) in [7, 11) is 0. The molecule has 15 heavy (non-hydrogen) atoms. The number of hydrogen-bond acceptors (Lipinski definition) is 6. The van der Waals surface area contributed by atoms with E-state index in [1.54, 1.807) is 4.57 Å². The number of aromatic nitrogens is 3. The lowest BCUT2D eigenvalue weighted by Crippen LogP contribution is -2.15. The van der Waals surface area contributed by atoms with Gasteiger partial charge in [0.1, 0.15) is 0 Å². The van der Waals surface area contributed by atoms with Crippen molar-refractivity contribution in [2.45, 2.75) is 31.1 Å². The molecule has 0 bridgehead atoms. The van der Waals surface area contributed by atoms with Crippen molar-refractivity contribution in [3.05, 3.63) is 0 Å². The zero-order chi connectivity index (χ0) is 11.4. The number of hydrogen-bond donors (Lipinski definition) is 3. The van der Waals surface area contributed by atoms with E-state index in [1.165, 1.54) is 11.8 Å². The van der Waals surface area contributed by atoms with Crippen LogP contribution < -0.4 is 5.73 Å². The van der Waals surface area contributed by atoms with Crippen LogP contribution in [0.2, 0.25) is 0 Å². The van der Waals surface area contributed by atoms with Gasteiger partial charge in [0.05, 0.1) is 12.7 Å². The monoisotopic (exact) mass is 232 g/mol. The molecule has 0 radical (unpaired) electrons. The van der Waals surface area contributed by atoms with Crippen molar-refractivity contribution in [2.75, 3.05) is 18.1 Å². The highest BCUT2D eigenvalue weighted by molar-refractivity contribution is 7.99. The minimum Gasteiger partial charge on any atom is -0.394 e. The van der Waals surface area contributed by atoms with Crippen molar-refractivity contribution < 1.29 is 10.2 Å². The van der Waals surface area contributed by atoms with E-state index in [-0.39, 0.29) is 12.6 Å². The number of aliphatic hydroxyl groups excluding tert-OH is 2. The van der Waals surface area contributed by atoms with Gasteiger partial charge in [-0.05, 0) is 13.8 Å². The molecule has 0 fully saturated rings. The number of rotatable bonds is 5. The SMILES string of the molecule is CC(C)n1c(N)nnc1SCC(O)CO. The van der Waals surface area contributed by atoms with Crippen molar-refractivity contribution >= 4 is 17.7 Å². The molecule has 4 N–H and O–H groups in total. The molecule has 0 spiro atoms. The molecular formula is C8H16N4O2S. The zero-order valence-electron chi connectivity index (χ0n) is 8.79. The second kappa shape index (κ2) is 5.34. The molecule has 0 saturated heterocycles. The molecular weight excluding hydrogens is 216 g/mol. The van der Waals surface area contributed by atoms with Gasteiger partial charge in [0.15, 0.2) is 5.16 Å². The summed E-state index contributed by atoms with van der Waals surface area (Å²) >= 11 is 1.33. The first-order chi connectivity index (χ1) is 7.06. The number of nitrogens with zero attached hydrogens (tertiary/aromatic N) is 3. The molecule has 0 aromatic carbocycles. The highest BCUT2D eigenvalue weighted by Gasteiger charge is 2.14.